The number of nitrogens with one attached hydrogen (secondary N) is 2. The van der Waals surface area contributed by atoms with Crippen LogP contribution < -0.4 is 10.6 Å². The van der Waals surface area contributed by atoms with Crippen LogP contribution in [0.5, 0.6) is 0 Å². The first kappa shape index (κ1) is 21.6. The quantitative estimate of drug-likeness (QED) is 0.711. The summed E-state index contributed by atoms with van der Waals surface area (Å²) in [5, 5.41) is 5.60. The highest BCUT2D eigenvalue weighted by Gasteiger charge is 2.49. The predicted octanol–water partition coefficient (Wildman–Crippen LogP) is 3.97. The van der Waals surface area contributed by atoms with E-state index in [4.69, 9.17) is 0 Å². The first-order valence-electron chi connectivity index (χ1n) is 10.3. The number of benzene rings is 2. The lowest BCUT2D eigenvalue weighted by molar-refractivity contribution is -0.133. The molecule has 2 aromatic carbocycles. The van der Waals surface area contributed by atoms with Gasteiger partial charge in [-0.15, -0.1) is 0 Å². The molecule has 0 aromatic heterocycles. The van der Waals surface area contributed by atoms with Crippen molar-refractivity contribution in [1.29, 1.82) is 0 Å². The van der Waals surface area contributed by atoms with Crippen LogP contribution in [0.4, 0.5) is 10.5 Å². The lowest BCUT2D eigenvalue weighted by atomic mass is 9.91. The Morgan fingerprint density at radius 3 is 2.23 bits per heavy atom. The van der Waals surface area contributed by atoms with Gasteiger partial charge in [-0.05, 0) is 56.4 Å². The molecule has 0 saturated carbocycles. The van der Waals surface area contributed by atoms with Crippen molar-refractivity contribution in [2.24, 2.45) is 0 Å². The van der Waals surface area contributed by atoms with Gasteiger partial charge in [-0.25, -0.2) is 4.79 Å². The Morgan fingerprint density at radius 2 is 1.67 bits per heavy atom. The molecule has 0 radical (unpaired) electrons. The normalized spacial score (nSPS) is 18.5. The number of anilines is 1. The molecular formula is C24H29N3O3. The smallest absolute Gasteiger partial charge is 0.324 e. The largest absolute Gasteiger partial charge is 0.325 e. The van der Waals surface area contributed by atoms with E-state index < -0.39 is 23.4 Å². The second-order valence-electron chi connectivity index (χ2n) is 8.22. The van der Waals surface area contributed by atoms with Gasteiger partial charge in [-0.1, -0.05) is 55.3 Å². The second kappa shape index (κ2) is 8.30. The maximum atomic E-state index is 13.1. The Morgan fingerprint density at radius 1 is 1.07 bits per heavy atom. The molecule has 0 aliphatic carbocycles. The topological polar surface area (TPSA) is 78.5 Å². The fourth-order valence-corrected chi connectivity index (χ4v) is 4.03. The Bertz CT molecular complexity index is 974. The lowest BCUT2D eigenvalue weighted by Gasteiger charge is -2.22. The Balaban J connectivity index is 1.75. The van der Waals surface area contributed by atoms with E-state index >= 15 is 0 Å². The van der Waals surface area contributed by atoms with Crippen molar-refractivity contribution in [3.8, 4) is 0 Å². The van der Waals surface area contributed by atoms with Crippen LogP contribution in [0.3, 0.4) is 0 Å². The lowest BCUT2D eigenvalue weighted by Crippen LogP contribution is -2.42. The standard InChI is InChI=1S/C24H29N3O3/c1-6-7-18-8-10-19(11-9-18)24(5)22(29)27(23(30)26-24)14-20(28)25-21-16(3)12-15(2)13-17(21)4/h8-13H,6-7,14H2,1-5H3,(H,25,28)(H,26,30)/t24-/m0/s1. The highest BCUT2D eigenvalue weighted by Crippen LogP contribution is 2.29. The number of nitrogens with zero attached hydrogens (tertiary/aromatic N) is 1. The average Bonchev–Trinajstić information content (AvgIpc) is 2.89. The van der Waals surface area contributed by atoms with E-state index in [-0.39, 0.29) is 6.54 Å². The van der Waals surface area contributed by atoms with E-state index in [1.54, 1.807) is 6.92 Å². The van der Waals surface area contributed by atoms with Crippen molar-refractivity contribution in [3.05, 3.63) is 64.2 Å². The van der Waals surface area contributed by atoms with Crippen LogP contribution in [0.25, 0.3) is 0 Å². The van der Waals surface area contributed by atoms with Crippen molar-refractivity contribution in [3.63, 3.8) is 0 Å². The minimum Gasteiger partial charge on any atom is -0.324 e. The molecule has 30 heavy (non-hydrogen) atoms. The summed E-state index contributed by atoms with van der Waals surface area (Å²) in [4.78, 5) is 39.2. The zero-order valence-corrected chi connectivity index (χ0v) is 18.3. The first-order chi connectivity index (χ1) is 14.2. The van der Waals surface area contributed by atoms with Crippen molar-refractivity contribution in [2.75, 3.05) is 11.9 Å². The average molecular weight is 408 g/mol. The fourth-order valence-electron chi connectivity index (χ4n) is 4.03. The first-order valence-corrected chi connectivity index (χ1v) is 10.3. The van der Waals surface area contributed by atoms with E-state index in [0.29, 0.717) is 11.3 Å². The van der Waals surface area contributed by atoms with Gasteiger partial charge in [0.1, 0.15) is 12.1 Å². The molecule has 1 saturated heterocycles. The summed E-state index contributed by atoms with van der Waals surface area (Å²) in [6, 6.07) is 11.1. The number of imide groups is 1. The third-order valence-corrected chi connectivity index (χ3v) is 5.59. The Labute approximate surface area is 177 Å². The van der Waals surface area contributed by atoms with Crippen LogP contribution in [0.2, 0.25) is 0 Å². The van der Waals surface area contributed by atoms with Gasteiger partial charge in [-0.3, -0.25) is 14.5 Å². The molecule has 1 aliphatic heterocycles. The van der Waals surface area contributed by atoms with E-state index in [0.717, 1.165) is 34.4 Å². The van der Waals surface area contributed by atoms with Gasteiger partial charge in [0, 0.05) is 5.69 Å². The number of carbonyl (C=O) groups excluding carboxylic acids is 3. The summed E-state index contributed by atoms with van der Waals surface area (Å²) in [6.45, 7) is 9.29. The Kier molecular flexibility index (Phi) is 5.97. The summed E-state index contributed by atoms with van der Waals surface area (Å²) in [5.41, 5.74) is 4.41. The molecule has 0 bridgehead atoms. The third-order valence-electron chi connectivity index (χ3n) is 5.59. The Hall–Kier alpha value is -3.15. The number of amides is 4. The SMILES string of the molecule is CCCc1ccc([C@]2(C)NC(=O)N(CC(=O)Nc3c(C)cc(C)cc3C)C2=O)cc1. The zero-order chi connectivity index (χ0) is 22.1. The van der Waals surface area contributed by atoms with Gasteiger partial charge in [0.2, 0.25) is 5.91 Å². The predicted molar refractivity (Wildman–Crippen MR) is 117 cm³/mol. The second-order valence-corrected chi connectivity index (χ2v) is 8.22. The number of carbonyl (C=O) groups is 3. The molecule has 1 fully saturated rings. The maximum Gasteiger partial charge on any atom is 0.325 e. The summed E-state index contributed by atoms with van der Waals surface area (Å²) in [6.07, 6.45) is 2.00. The van der Waals surface area contributed by atoms with Crippen molar-refractivity contribution in [1.82, 2.24) is 10.2 Å². The zero-order valence-electron chi connectivity index (χ0n) is 18.3. The van der Waals surface area contributed by atoms with Crippen LogP contribution in [0.1, 0.15) is 48.1 Å². The molecule has 4 amide bonds. The maximum absolute atomic E-state index is 13.1. The summed E-state index contributed by atoms with van der Waals surface area (Å²) in [5.74, 6) is -0.834. The van der Waals surface area contributed by atoms with E-state index in [9.17, 15) is 14.4 Å². The summed E-state index contributed by atoms with van der Waals surface area (Å²) in [7, 11) is 0. The highest BCUT2D eigenvalue weighted by molar-refractivity contribution is 6.10. The molecule has 1 aliphatic rings. The van der Waals surface area contributed by atoms with E-state index in [1.165, 1.54) is 5.56 Å². The van der Waals surface area contributed by atoms with Gasteiger partial charge in [-0.2, -0.15) is 0 Å². The van der Waals surface area contributed by atoms with Gasteiger partial charge >= 0.3 is 6.03 Å². The van der Waals surface area contributed by atoms with Crippen LogP contribution in [-0.4, -0.2) is 29.3 Å². The minimum absolute atomic E-state index is 0.332. The monoisotopic (exact) mass is 407 g/mol. The molecule has 0 unspecified atom stereocenters. The van der Waals surface area contributed by atoms with Gasteiger partial charge < -0.3 is 10.6 Å². The molecule has 0 spiro atoms. The number of hydrogen-bond donors (Lipinski definition) is 2. The van der Waals surface area contributed by atoms with Gasteiger partial charge in [0.05, 0.1) is 0 Å². The molecule has 2 aromatic rings. The van der Waals surface area contributed by atoms with Crippen LogP contribution in [-0.2, 0) is 21.5 Å². The van der Waals surface area contributed by atoms with Crippen LogP contribution >= 0.6 is 0 Å². The van der Waals surface area contributed by atoms with Crippen LogP contribution in [0, 0.1) is 20.8 Å². The highest BCUT2D eigenvalue weighted by atomic mass is 16.2. The van der Waals surface area contributed by atoms with Crippen molar-refractivity contribution < 1.29 is 14.4 Å². The molecule has 6 heteroatoms. The number of urea groups is 1. The fraction of sp³-hybridized carbons (Fsp3) is 0.375. The molecule has 1 heterocycles. The van der Waals surface area contributed by atoms with Crippen molar-refractivity contribution >= 4 is 23.5 Å². The molecule has 1 atom stereocenters. The van der Waals surface area contributed by atoms with Crippen molar-refractivity contribution in [2.45, 2.75) is 53.0 Å². The molecule has 6 nitrogen and oxygen atoms in total. The third kappa shape index (κ3) is 4.08. The molecular weight excluding hydrogens is 378 g/mol. The summed E-state index contributed by atoms with van der Waals surface area (Å²) >= 11 is 0. The number of rotatable bonds is 6. The molecule has 3 rings (SSSR count). The minimum atomic E-state index is -1.18. The van der Waals surface area contributed by atoms with Crippen LogP contribution in [0.15, 0.2) is 36.4 Å². The number of hydrogen-bond acceptors (Lipinski definition) is 3. The molecule has 2 N–H and O–H groups in total. The summed E-state index contributed by atoms with van der Waals surface area (Å²) < 4.78 is 0. The number of aryl methyl sites for hydroxylation is 4. The molecule has 158 valence electrons. The van der Waals surface area contributed by atoms with Gasteiger partial charge in [0.15, 0.2) is 0 Å². The van der Waals surface area contributed by atoms with Gasteiger partial charge in [0.25, 0.3) is 5.91 Å². The van der Waals surface area contributed by atoms with E-state index in [2.05, 4.69) is 17.6 Å². The van der Waals surface area contributed by atoms with E-state index in [1.807, 2.05) is 57.2 Å².